The van der Waals surface area contributed by atoms with Gasteiger partial charge in [0, 0.05) is 50.1 Å². The fourth-order valence-corrected chi connectivity index (χ4v) is 6.27. The maximum atomic E-state index is 9.66. The van der Waals surface area contributed by atoms with E-state index in [1.807, 2.05) is 29.9 Å². The SMILES string of the molecule is COCC(C)COc1nn(C2CCC(N3CCOCC3)CC2)cc1Nc1ncc(-c2ccc(C#N)c(OC(C)Cn3cnnn3)c2)cn1. The summed E-state index contributed by atoms with van der Waals surface area (Å²) in [4.78, 5) is 11.8. The van der Waals surface area contributed by atoms with Crippen LogP contribution < -0.4 is 14.8 Å². The molecule has 0 bridgehead atoms. The molecule has 2 fully saturated rings. The number of ether oxygens (including phenoxy) is 4. The Morgan fingerprint density at radius 1 is 1.04 bits per heavy atom. The molecule has 2 aliphatic rings. The molecule has 0 radical (unpaired) electrons. The quantitative estimate of drug-likeness (QED) is 0.208. The first-order valence-electron chi connectivity index (χ1n) is 16.5. The first-order chi connectivity index (χ1) is 23.5. The van der Waals surface area contributed by atoms with Gasteiger partial charge in [0.2, 0.25) is 5.95 Å². The lowest BCUT2D eigenvalue weighted by Crippen LogP contribution is -2.45. The van der Waals surface area contributed by atoms with Crippen LogP contribution in [0.5, 0.6) is 11.6 Å². The van der Waals surface area contributed by atoms with Crippen molar-refractivity contribution in [2.24, 2.45) is 5.92 Å². The molecule has 3 aromatic heterocycles. The molecule has 0 amide bonds. The number of aromatic nitrogens is 8. The normalized spacial score (nSPS) is 19.7. The van der Waals surface area contributed by atoms with E-state index in [-0.39, 0.29) is 12.0 Å². The molecule has 1 aliphatic carbocycles. The van der Waals surface area contributed by atoms with Crippen LogP contribution in [-0.2, 0) is 16.0 Å². The number of nitrogens with one attached hydrogen (secondary N) is 1. The van der Waals surface area contributed by atoms with E-state index in [0.717, 1.165) is 63.1 Å². The molecular weight excluding hydrogens is 614 g/mol. The molecule has 1 saturated carbocycles. The van der Waals surface area contributed by atoms with Gasteiger partial charge >= 0.3 is 0 Å². The largest absolute Gasteiger partial charge is 0.487 e. The third-order valence-electron chi connectivity index (χ3n) is 8.75. The lowest BCUT2D eigenvalue weighted by atomic mass is 9.90. The van der Waals surface area contributed by atoms with Crippen LogP contribution in [0, 0.1) is 17.2 Å². The number of anilines is 2. The summed E-state index contributed by atoms with van der Waals surface area (Å²) < 4.78 is 26.8. The predicted molar refractivity (Wildman–Crippen MR) is 176 cm³/mol. The zero-order chi connectivity index (χ0) is 33.3. The van der Waals surface area contributed by atoms with Gasteiger partial charge in [0.25, 0.3) is 5.88 Å². The number of nitriles is 1. The van der Waals surface area contributed by atoms with E-state index >= 15 is 0 Å². The molecule has 15 nitrogen and oxygen atoms in total. The van der Waals surface area contributed by atoms with Crippen LogP contribution >= 0.6 is 0 Å². The number of tetrazole rings is 1. The molecular formula is C33H43N11O4. The van der Waals surface area contributed by atoms with Gasteiger partial charge in [-0.2, -0.15) is 5.26 Å². The molecule has 1 saturated heterocycles. The standard InChI is InChI=1S/C33H43N11O4/c1-23(20-45-3)21-47-32-30(19-44(39-32)29-8-6-28(7-9-29)42-10-12-46-13-11-42)38-33-35-16-27(17-36-33)25-4-5-26(15-34)31(14-25)48-24(2)18-43-22-37-40-41-43/h4-5,14,16-17,19,22-24,28-29H,6-13,18,20-21H2,1-3H3,(H,35,36,38). The molecule has 4 aromatic rings. The topological polar surface area (TPSA) is 163 Å². The van der Waals surface area contributed by atoms with E-state index in [0.29, 0.717) is 60.7 Å². The first-order valence-corrected chi connectivity index (χ1v) is 16.5. The van der Waals surface area contributed by atoms with Gasteiger partial charge in [0.15, 0.2) is 0 Å². The summed E-state index contributed by atoms with van der Waals surface area (Å²) in [5.74, 6) is 1.61. The van der Waals surface area contributed by atoms with Crippen molar-refractivity contribution in [3.05, 3.63) is 48.7 Å². The van der Waals surface area contributed by atoms with Gasteiger partial charge in [-0.25, -0.2) is 14.6 Å². The highest BCUT2D eigenvalue weighted by Crippen LogP contribution is 2.35. The fourth-order valence-electron chi connectivity index (χ4n) is 6.27. The minimum absolute atomic E-state index is 0.205. The highest BCUT2D eigenvalue weighted by atomic mass is 16.5. The zero-order valence-corrected chi connectivity index (χ0v) is 27.7. The van der Waals surface area contributed by atoms with Gasteiger partial charge in [-0.1, -0.05) is 13.0 Å². The van der Waals surface area contributed by atoms with E-state index in [2.05, 4.69) is 48.7 Å². The third-order valence-corrected chi connectivity index (χ3v) is 8.75. The summed E-state index contributed by atoms with van der Waals surface area (Å²) in [6, 6.07) is 8.52. The van der Waals surface area contributed by atoms with E-state index < -0.39 is 0 Å². The molecule has 6 rings (SSSR count). The minimum atomic E-state index is -0.270. The van der Waals surface area contributed by atoms with Crippen molar-refractivity contribution in [3.63, 3.8) is 0 Å². The third kappa shape index (κ3) is 8.43. The van der Waals surface area contributed by atoms with Gasteiger partial charge in [-0.05, 0) is 60.7 Å². The highest BCUT2D eigenvalue weighted by molar-refractivity contribution is 5.67. The fraction of sp³-hybridized carbons (Fsp3) is 0.545. The predicted octanol–water partition coefficient (Wildman–Crippen LogP) is 3.89. The Balaban J connectivity index is 1.14. The Labute approximate surface area is 280 Å². The molecule has 254 valence electrons. The van der Waals surface area contributed by atoms with Crippen LogP contribution in [0.4, 0.5) is 11.6 Å². The van der Waals surface area contributed by atoms with Crippen molar-refractivity contribution in [1.29, 1.82) is 5.26 Å². The summed E-state index contributed by atoms with van der Waals surface area (Å²) in [7, 11) is 1.69. The number of methoxy groups -OCH3 is 1. The molecule has 2 atom stereocenters. The van der Waals surface area contributed by atoms with Crippen molar-refractivity contribution < 1.29 is 18.9 Å². The van der Waals surface area contributed by atoms with Crippen molar-refractivity contribution in [2.45, 2.75) is 64.3 Å². The number of hydrogen-bond donors (Lipinski definition) is 1. The van der Waals surface area contributed by atoms with Crippen LogP contribution in [-0.4, -0.2) is 104 Å². The maximum Gasteiger partial charge on any atom is 0.256 e. The monoisotopic (exact) mass is 657 g/mol. The van der Waals surface area contributed by atoms with E-state index in [1.165, 1.54) is 6.33 Å². The lowest BCUT2D eigenvalue weighted by molar-refractivity contribution is 0.00502. The summed E-state index contributed by atoms with van der Waals surface area (Å²) in [5.41, 5.74) is 2.75. The Morgan fingerprint density at radius 2 is 1.81 bits per heavy atom. The average molecular weight is 658 g/mol. The zero-order valence-electron chi connectivity index (χ0n) is 27.7. The van der Waals surface area contributed by atoms with Gasteiger partial charge in [-0.3, -0.25) is 9.58 Å². The van der Waals surface area contributed by atoms with E-state index in [4.69, 9.17) is 24.0 Å². The first kappa shape index (κ1) is 33.3. The Kier molecular flexibility index (Phi) is 11.1. The second kappa shape index (κ2) is 16.0. The molecule has 4 heterocycles. The number of benzene rings is 1. The van der Waals surface area contributed by atoms with Crippen LogP contribution in [0.3, 0.4) is 0 Å². The van der Waals surface area contributed by atoms with Crippen LogP contribution in [0.1, 0.15) is 51.1 Å². The number of rotatable bonds is 14. The van der Waals surface area contributed by atoms with Gasteiger partial charge in [0.1, 0.15) is 29.9 Å². The van der Waals surface area contributed by atoms with E-state index in [9.17, 15) is 5.26 Å². The molecule has 1 aromatic carbocycles. The molecule has 15 heteroatoms. The van der Waals surface area contributed by atoms with Crippen molar-refractivity contribution in [3.8, 4) is 28.8 Å². The number of hydrogen-bond acceptors (Lipinski definition) is 13. The minimum Gasteiger partial charge on any atom is -0.487 e. The van der Waals surface area contributed by atoms with Crippen LogP contribution in [0.2, 0.25) is 0 Å². The van der Waals surface area contributed by atoms with Crippen molar-refractivity contribution in [1.82, 2.24) is 44.9 Å². The number of nitrogens with zero attached hydrogens (tertiary/aromatic N) is 10. The molecule has 0 spiro atoms. The second-order valence-electron chi connectivity index (χ2n) is 12.5. The van der Waals surface area contributed by atoms with Gasteiger partial charge in [-0.15, -0.1) is 10.2 Å². The molecule has 2 unspecified atom stereocenters. The van der Waals surface area contributed by atoms with Crippen molar-refractivity contribution >= 4 is 11.6 Å². The highest BCUT2D eigenvalue weighted by Gasteiger charge is 2.29. The molecule has 48 heavy (non-hydrogen) atoms. The molecule has 1 aliphatic heterocycles. The van der Waals surface area contributed by atoms with Crippen LogP contribution in [0.15, 0.2) is 43.1 Å². The summed E-state index contributed by atoms with van der Waals surface area (Å²) in [6.45, 7) is 9.17. The Hall–Kier alpha value is -4.65. The Bertz CT molecular complexity index is 1630. The lowest BCUT2D eigenvalue weighted by Gasteiger charge is -2.38. The van der Waals surface area contributed by atoms with Gasteiger partial charge < -0.3 is 24.3 Å². The summed E-state index contributed by atoms with van der Waals surface area (Å²) >= 11 is 0. The van der Waals surface area contributed by atoms with Crippen LogP contribution in [0.25, 0.3) is 11.1 Å². The second-order valence-corrected chi connectivity index (χ2v) is 12.5. The molecule has 1 N–H and O–H groups in total. The summed E-state index contributed by atoms with van der Waals surface area (Å²) in [6.07, 6.45) is 11.1. The Morgan fingerprint density at radius 3 is 2.52 bits per heavy atom. The smallest absolute Gasteiger partial charge is 0.256 e. The van der Waals surface area contributed by atoms with Crippen molar-refractivity contribution in [2.75, 3.05) is 51.9 Å². The van der Waals surface area contributed by atoms with E-state index in [1.54, 1.807) is 30.3 Å². The maximum absolute atomic E-state index is 9.66. The average Bonchev–Trinajstić information content (AvgIpc) is 3.78. The van der Waals surface area contributed by atoms with Gasteiger partial charge in [0.05, 0.1) is 50.8 Å². The number of morpholine rings is 1. The summed E-state index contributed by atoms with van der Waals surface area (Å²) in [5, 5.41) is 29.1.